The number of nitrogens with one attached hydrogen (secondary N) is 2. The minimum atomic E-state index is -0.0661. The van der Waals surface area contributed by atoms with Crippen LogP contribution in [0.5, 0.6) is 0 Å². The van der Waals surface area contributed by atoms with Crippen molar-refractivity contribution in [1.82, 2.24) is 15.6 Å². The first-order valence-corrected chi connectivity index (χ1v) is 7.99. The lowest BCUT2D eigenvalue weighted by Crippen LogP contribution is -2.49. The highest BCUT2D eigenvalue weighted by Crippen LogP contribution is 2.33. The summed E-state index contributed by atoms with van der Waals surface area (Å²) in [5.41, 5.74) is 1.02. The molecule has 1 aromatic rings. The van der Waals surface area contributed by atoms with Crippen LogP contribution in [0.4, 0.5) is 4.79 Å². The van der Waals surface area contributed by atoms with Gasteiger partial charge in [-0.05, 0) is 42.2 Å². The summed E-state index contributed by atoms with van der Waals surface area (Å²) in [6, 6.07) is 4.07. The van der Waals surface area contributed by atoms with Crippen molar-refractivity contribution in [3.63, 3.8) is 0 Å². The standard InChI is InChI=1S/C17H27N3O/c1-12(2)15-7-6-13(3)9-16(15)20-17(21)19-11-14-5-4-8-18-10-14/h4-5,8,10,12-13,15-16H,6-7,9,11H2,1-3H3,(H2,19,20,21)/t13-,15+,16+/m0/s1. The number of urea groups is 1. The molecular formula is C17H27N3O. The summed E-state index contributed by atoms with van der Waals surface area (Å²) in [5, 5.41) is 6.11. The molecule has 1 heterocycles. The lowest BCUT2D eigenvalue weighted by atomic mass is 9.74. The van der Waals surface area contributed by atoms with Crippen molar-refractivity contribution in [1.29, 1.82) is 0 Å². The smallest absolute Gasteiger partial charge is 0.315 e. The summed E-state index contributed by atoms with van der Waals surface area (Å²) in [6.07, 6.45) is 7.09. The van der Waals surface area contributed by atoms with Crippen LogP contribution in [-0.4, -0.2) is 17.1 Å². The fourth-order valence-electron chi connectivity index (χ4n) is 3.27. The van der Waals surface area contributed by atoms with Gasteiger partial charge in [-0.3, -0.25) is 4.98 Å². The Bertz CT molecular complexity index is 447. The molecule has 21 heavy (non-hydrogen) atoms. The minimum absolute atomic E-state index is 0.0661. The molecule has 0 aromatic carbocycles. The van der Waals surface area contributed by atoms with Gasteiger partial charge < -0.3 is 10.6 Å². The number of aromatic nitrogens is 1. The van der Waals surface area contributed by atoms with Gasteiger partial charge in [-0.15, -0.1) is 0 Å². The first kappa shape index (κ1) is 15.8. The van der Waals surface area contributed by atoms with Gasteiger partial charge in [0.05, 0.1) is 0 Å². The van der Waals surface area contributed by atoms with Crippen LogP contribution in [0.1, 0.15) is 45.6 Å². The third kappa shape index (κ3) is 4.73. The van der Waals surface area contributed by atoms with E-state index in [9.17, 15) is 4.79 Å². The van der Waals surface area contributed by atoms with Crippen molar-refractivity contribution in [2.75, 3.05) is 0 Å². The summed E-state index contributed by atoms with van der Waals surface area (Å²) in [6.45, 7) is 7.30. The van der Waals surface area contributed by atoms with Crippen molar-refractivity contribution in [2.45, 2.75) is 52.6 Å². The lowest BCUT2D eigenvalue weighted by molar-refractivity contribution is 0.168. The Hall–Kier alpha value is -1.58. The molecule has 2 N–H and O–H groups in total. The van der Waals surface area contributed by atoms with Crippen molar-refractivity contribution in [3.05, 3.63) is 30.1 Å². The van der Waals surface area contributed by atoms with E-state index in [1.54, 1.807) is 12.4 Å². The van der Waals surface area contributed by atoms with Gasteiger partial charge in [0.15, 0.2) is 0 Å². The van der Waals surface area contributed by atoms with Crippen LogP contribution >= 0.6 is 0 Å². The summed E-state index contributed by atoms with van der Waals surface area (Å²) in [5.74, 6) is 1.90. The van der Waals surface area contributed by atoms with E-state index in [-0.39, 0.29) is 6.03 Å². The predicted octanol–water partition coefficient (Wildman–Crippen LogP) is 3.34. The van der Waals surface area contributed by atoms with Crippen molar-refractivity contribution in [2.24, 2.45) is 17.8 Å². The lowest BCUT2D eigenvalue weighted by Gasteiger charge is -2.37. The molecule has 1 aliphatic rings. The van der Waals surface area contributed by atoms with Gasteiger partial charge in [0.1, 0.15) is 0 Å². The van der Waals surface area contributed by atoms with Crippen LogP contribution in [0.25, 0.3) is 0 Å². The number of amides is 2. The molecule has 0 bridgehead atoms. The molecule has 1 aromatic heterocycles. The second kappa shape index (κ2) is 7.43. The van der Waals surface area contributed by atoms with E-state index in [1.165, 1.54) is 12.8 Å². The normalized spacial score (nSPS) is 25.6. The number of carbonyl (C=O) groups is 1. The van der Waals surface area contributed by atoms with Gasteiger partial charge in [0.2, 0.25) is 0 Å². The minimum Gasteiger partial charge on any atom is -0.335 e. The highest BCUT2D eigenvalue weighted by molar-refractivity contribution is 5.74. The highest BCUT2D eigenvalue weighted by Gasteiger charge is 2.31. The molecular weight excluding hydrogens is 262 g/mol. The van der Waals surface area contributed by atoms with Gasteiger partial charge in [-0.2, -0.15) is 0 Å². The fourth-order valence-corrected chi connectivity index (χ4v) is 3.27. The zero-order valence-corrected chi connectivity index (χ0v) is 13.3. The molecule has 4 nitrogen and oxygen atoms in total. The van der Waals surface area contributed by atoms with E-state index < -0.39 is 0 Å². The van der Waals surface area contributed by atoms with E-state index in [0.717, 1.165) is 12.0 Å². The van der Waals surface area contributed by atoms with E-state index in [1.807, 2.05) is 12.1 Å². The van der Waals surface area contributed by atoms with Crippen LogP contribution in [0.15, 0.2) is 24.5 Å². The quantitative estimate of drug-likeness (QED) is 0.893. The summed E-state index contributed by atoms with van der Waals surface area (Å²) in [4.78, 5) is 16.2. The molecule has 1 saturated carbocycles. The van der Waals surface area contributed by atoms with E-state index in [0.29, 0.717) is 30.3 Å². The topological polar surface area (TPSA) is 54.0 Å². The van der Waals surface area contributed by atoms with Crippen LogP contribution in [-0.2, 0) is 6.54 Å². The molecule has 0 spiro atoms. The van der Waals surface area contributed by atoms with Gasteiger partial charge >= 0.3 is 6.03 Å². The molecule has 3 atom stereocenters. The van der Waals surface area contributed by atoms with E-state index in [4.69, 9.17) is 0 Å². The van der Waals surface area contributed by atoms with Crippen molar-refractivity contribution < 1.29 is 4.79 Å². The van der Waals surface area contributed by atoms with Crippen molar-refractivity contribution in [3.8, 4) is 0 Å². The van der Waals surface area contributed by atoms with E-state index in [2.05, 4.69) is 36.4 Å². The third-order valence-electron chi connectivity index (χ3n) is 4.51. The molecule has 0 aliphatic heterocycles. The maximum Gasteiger partial charge on any atom is 0.315 e. The number of rotatable bonds is 4. The Morgan fingerprint density at radius 3 is 2.90 bits per heavy atom. The highest BCUT2D eigenvalue weighted by atomic mass is 16.2. The Labute approximate surface area is 127 Å². The largest absolute Gasteiger partial charge is 0.335 e. The first-order valence-electron chi connectivity index (χ1n) is 7.99. The molecule has 116 valence electrons. The Kier molecular flexibility index (Phi) is 5.59. The Morgan fingerprint density at radius 1 is 1.43 bits per heavy atom. The number of hydrogen-bond acceptors (Lipinski definition) is 2. The maximum atomic E-state index is 12.1. The first-order chi connectivity index (χ1) is 10.1. The summed E-state index contributed by atoms with van der Waals surface area (Å²) in [7, 11) is 0. The Balaban J connectivity index is 1.85. The molecule has 0 radical (unpaired) electrons. The Morgan fingerprint density at radius 2 is 2.24 bits per heavy atom. The third-order valence-corrected chi connectivity index (χ3v) is 4.51. The molecule has 4 heteroatoms. The SMILES string of the molecule is CC(C)[C@H]1CC[C@H](C)C[C@H]1NC(=O)NCc1cccnc1. The summed E-state index contributed by atoms with van der Waals surface area (Å²) < 4.78 is 0. The van der Waals surface area contributed by atoms with E-state index >= 15 is 0 Å². The average Bonchev–Trinajstić information content (AvgIpc) is 2.46. The zero-order valence-electron chi connectivity index (χ0n) is 13.3. The number of carbonyl (C=O) groups excluding carboxylic acids is 1. The van der Waals surface area contributed by atoms with Gasteiger partial charge in [0.25, 0.3) is 0 Å². The van der Waals surface area contributed by atoms with Crippen LogP contribution in [0.2, 0.25) is 0 Å². The molecule has 1 aliphatic carbocycles. The number of hydrogen-bond donors (Lipinski definition) is 2. The molecule has 2 amide bonds. The van der Waals surface area contributed by atoms with Crippen LogP contribution < -0.4 is 10.6 Å². The summed E-state index contributed by atoms with van der Waals surface area (Å²) >= 11 is 0. The van der Waals surface area contributed by atoms with Gasteiger partial charge in [-0.25, -0.2) is 4.79 Å². The second-order valence-electron chi connectivity index (χ2n) is 6.62. The fraction of sp³-hybridized carbons (Fsp3) is 0.647. The van der Waals surface area contributed by atoms with Gasteiger partial charge in [0, 0.05) is 25.0 Å². The monoisotopic (exact) mass is 289 g/mol. The molecule has 0 saturated heterocycles. The van der Waals surface area contributed by atoms with Crippen LogP contribution in [0, 0.1) is 17.8 Å². The van der Waals surface area contributed by atoms with Crippen LogP contribution in [0.3, 0.4) is 0 Å². The predicted molar refractivity (Wildman–Crippen MR) is 84.7 cm³/mol. The van der Waals surface area contributed by atoms with Crippen molar-refractivity contribution >= 4 is 6.03 Å². The molecule has 0 unspecified atom stereocenters. The second-order valence-corrected chi connectivity index (χ2v) is 6.62. The average molecular weight is 289 g/mol. The maximum absolute atomic E-state index is 12.1. The van der Waals surface area contributed by atoms with Gasteiger partial charge in [-0.1, -0.05) is 33.3 Å². The zero-order chi connectivity index (χ0) is 15.2. The molecule has 1 fully saturated rings. The molecule has 2 rings (SSSR count). The number of nitrogens with zero attached hydrogens (tertiary/aromatic N) is 1. The number of pyridine rings is 1.